The number of aliphatic hydroxyl groups is 1. The lowest BCUT2D eigenvalue weighted by Crippen LogP contribution is -2.43. The van der Waals surface area contributed by atoms with Gasteiger partial charge in [-0.15, -0.1) is 0 Å². The summed E-state index contributed by atoms with van der Waals surface area (Å²) in [5, 5.41) is 18.9. The summed E-state index contributed by atoms with van der Waals surface area (Å²) in [6.45, 7) is 2.15. The molecule has 0 saturated carbocycles. The SMILES string of the molecule is CCCCCCCCCCCC(=O)OC(=O)CC(O)(CC(=O)OS(=O)[O-])C(=O)O. The van der Waals surface area contributed by atoms with Gasteiger partial charge in [-0.1, -0.05) is 58.3 Å². The van der Waals surface area contributed by atoms with E-state index in [9.17, 15) is 33.0 Å². The topological polar surface area (TPSA) is 167 Å². The Morgan fingerprint density at radius 2 is 1.34 bits per heavy atom. The maximum absolute atomic E-state index is 11.7. The molecule has 29 heavy (non-hydrogen) atoms. The molecule has 0 aromatic rings. The van der Waals surface area contributed by atoms with Crippen molar-refractivity contribution in [3.05, 3.63) is 0 Å². The first-order chi connectivity index (χ1) is 13.6. The van der Waals surface area contributed by atoms with Crippen molar-refractivity contribution in [2.75, 3.05) is 0 Å². The molecule has 2 N–H and O–H groups in total. The van der Waals surface area contributed by atoms with Crippen LogP contribution in [0.1, 0.15) is 84.0 Å². The number of aliphatic carboxylic acids is 1. The highest BCUT2D eigenvalue weighted by molar-refractivity contribution is 7.74. The lowest BCUT2D eigenvalue weighted by molar-refractivity contribution is -0.174. The number of hydrogen-bond donors (Lipinski definition) is 2. The normalized spacial score (nSPS) is 13.9. The molecule has 0 aromatic carbocycles. The second kappa shape index (κ2) is 15.1. The number of carbonyl (C=O) groups excluding carboxylic acids is 3. The van der Waals surface area contributed by atoms with E-state index in [1.54, 1.807) is 0 Å². The average molecular weight is 437 g/mol. The van der Waals surface area contributed by atoms with Gasteiger partial charge < -0.3 is 23.7 Å². The molecule has 0 aliphatic rings. The first kappa shape index (κ1) is 27.1. The Hall–Kier alpha value is -1.85. The molecule has 0 fully saturated rings. The molecule has 0 aliphatic heterocycles. The van der Waals surface area contributed by atoms with Gasteiger partial charge in [0.2, 0.25) is 0 Å². The van der Waals surface area contributed by atoms with Crippen molar-refractivity contribution in [3.63, 3.8) is 0 Å². The van der Waals surface area contributed by atoms with Crippen LogP contribution in [0.25, 0.3) is 0 Å². The Labute approximate surface area is 172 Å². The van der Waals surface area contributed by atoms with E-state index in [1.165, 1.54) is 25.7 Å². The number of rotatable bonds is 16. The smallest absolute Gasteiger partial charge is 0.336 e. The van der Waals surface area contributed by atoms with E-state index in [2.05, 4.69) is 15.8 Å². The van der Waals surface area contributed by atoms with Crippen molar-refractivity contribution in [1.29, 1.82) is 0 Å². The van der Waals surface area contributed by atoms with Crippen LogP contribution in [-0.4, -0.2) is 48.5 Å². The van der Waals surface area contributed by atoms with E-state index in [1.807, 2.05) is 0 Å². The van der Waals surface area contributed by atoms with Crippen LogP contribution in [0.3, 0.4) is 0 Å². The molecule has 0 bridgehead atoms. The lowest BCUT2D eigenvalue weighted by Gasteiger charge is -2.21. The first-order valence-electron chi connectivity index (χ1n) is 9.60. The minimum Gasteiger partial charge on any atom is -0.740 e. The van der Waals surface area contributed by atoms with E-state index < -0.39 is 53.7 Å². The fraction of sp³-hybridized carbons (Fsp3) is 0.778. The number of unbranched alkanes of at least 4 members (excludes halogenated alkanes) is 8. The fourth-order valence-corrected chi connectivity index (χ4v) is 2.80. The maximum Gasteiger partial charge on any atom is 0.336 e. The van der Waals surface area contributed by atoms with E-state index in [4.69, 9.17) is 5.11 Å². The fourth-order valence-electron chi connectivity index (χ4n) is 2.59. The van der Waals surface area contributed by atoms with Gasteiger partial charge in [-0.3, -0.25) is 14.4 Å². The predicted molar refractivity (Wildman–Crippen MR) is 99.8 cm³/mol. The van der Waals surface area contributed by atoms with Crippen LogP contribution < -0.4 is 0 Å². The van der Waals surface area contributed by atoms with E-state index in [-0.39, 0.29) is 6.42 Å². The van der Waals surface area contributed by atoms with E-state index in [0.29, 0.717) is 6.42 Å². The second-order valence-electron chi connectivity index (χ2n) is 6.77. The van der Waals surface area contributed by atoms with Gasteiger partial charge in [0.15, 0.2) is 5.60 Å². The Kier molecular flexibility index (Phi) is 14.1. The van der Waals surface area contributed by atoms with Gasteiger partial charge in [-0.2, -0.15) is 0 Å². The Morgan fingerprint density at radius 3 is 1.83 bits per heavy atom. The molecular formula is C18H29O10S-. The molecule has 0 heterocycles. The van der Waals surface area contributed by atoms with Crippen LogP contribution in [0.2, 0.25) is 0 Å². The summed E-state index contributed by atoms with van der Waals surface area (Å²) in [5.74, 6) is -5.74. The van der Waals surface area contributed by atoms with Gasteiger partial charge in [0, 0.05) is 6.42 Å². The third kappa shape index (κ3) is 13.9. The number of esters is 2. The van der Waals surface area contributed by atoms with Crippen LogP contribution in [0, 0.1) is 0 Å². The molecule has 0 radical (unpaired) electrons. The number of hydrogen-bond acceptors (Lipinski definition) is 9. The summed E-state index contributed by atoms with van der Waals surface area (Å²) in [5.41, 5.74) is -2.95. The molecule has 0 rings (SSSR count). The van der Waals surface area contributed by atoms with Gasteiger partial charge in [-0.05, 0) is 6.42 Å². The number of ether oxygens (including phenoxy) is 1. The zero-order chi connectivity index (χ0) is 22.3. The van der Waals surface area contributed by atoms with Gasteiger partial charge >= 0.3 is 23.9 Å². The minimum absolute atomic E-state index is 0.0374. The number of carboxylic acids is 1. The molecule has 0 aliphatic carbocycles. The van der Waals surface area contributed by atoms with Gasteiger partial charge in [-0.25, -0.2) is 9.00 Å². The zero-order valence-electron chi connectivity index (χ0n) is 16.6. The maximum atomic E-state index is 11.7. The molecule has 2 atom stereocenters. The molecule has 0 aromatic heterocycles. The predicted octanol–water partition coefficient (Wildman–Crippen LogP) is 1.91. The Bertz CT molecular complexity index is 577. The van der Waals surface area contributed by atoms with Gasteiger partial charge in [0.05, 0.1) is 12.8 Å². The largest absolute Gasteiger partial charge is 0.740 e. The molecule has 0 amide bonds. The Balaban J connectivity index is 4.18. The van der Waals surface area contributed by atoms with E-state index in [0.717, 1.165) is 25.7 Å². The molecule has 168 valence electrons. The summed E-state index contributed by atoms with van der Waals surface area (Å²) in [6, 6.07) is 0. The Morgan fingerprint density at radius 1 is 0.862 bits per heavy atom. The summed E-state index contributed by atoms with van der Waals surface area (Å²) < 4.78 is 28.7. The van der Waals surface area contributed by atoms with Crippen molar-refractivity contribution in [3.8, 4) is 0 Å². The van der Waals surface area contributed by atoms with Crippen molar-refractivity contribution in [1.82, 2.24) is 0 Å². The van der Waals surface area contributed by atoms with Crippen molar-refractivity contribution < 1.29 is 47.1 Å². The highest BCUT2D eigenvalue weighted by Gasteiger charge is 2.42. The molecule has 11 heteroatoms. The summed E-state index contributed by atoms with van der Waals surface area (Å²) in [4.78, 5) is 45.7. The standard InChI is InChI=1S/C18H30O10S/c1-2-3-4-5-6-7-8-9-10-11-14(19)27-15(20)12-18(24,17(22)23)13-16(21)28-29(25)26/h24H,2-13H2,1H3,(H,22,23)(H,25,26)/p-1. The molecular weight excluding hydrogens is 408 g/mol. The third-order valence-electron chi connectivity index (χ3n) is 4.14. The molecule has 0 saturated heterocycles. The monoisotopic (exact) mass is 437 g/mol. The number of carboxylic acid groups (broad SMARTS) is 1. The second-order valence-corrected chi connectivity index (χ2v) is 7.35. The molecule has 2 unspecified atom stereocenters. The van der Waals surface area contributed by atoms with E-state index >= 15 is 0 Å². The average Bonchev–Trinajstić information content (AvgIpc) is 2.58. The van der Waals surface area contributed by atoms with Crippen molar-refractivity contribution in [2.45, 2.75) is 89.6 Å². The highest BCUT2D eigenvalue weighted by atomic mass is 32.2. The van der Waals surface area contributed by atoms with Crippen molar-refractivity contribution >= 4 is 35.2 Å². The summed E-state index contributed by atoms with van der Waals surface area (Å²) >= 11 is -3.25. The van der Waals surface area contributed by atoms with Crippen molar-refractivity contribution in [2.24, 2.45) is 0 Å². The summed E-state index contributed by atoms with van der Waals surface area (Å²) in [6.07, 6.45) is 6.72. The molecule has 0 spiro atoms. The zero-order valence-corrected chi connectivity index (χ0v) is 17.4. The van der Waals surface area contributed by atoms with Crippen LogP contribution in [-0.2, 0) is 39.5 Å². The lowest BCUT2D eigenvalue weighted by atomic mass is 9.96. The number of carbonyl (C=O) groups is 4. The molecule has 10 nitrogen and oxygen atoms in total. The van der Waals surface area contributed by atoms with Gasteiger partial charge in [0.25, 0.3) is 0 Å². The minimum atomic E-state index is -3.25. The van der Waals surface area contributed by atoms with Crippen LogP contribution in [0.4, 0.5) is 0 Å². The highest BCUT2D eigenvalue weighted by Crippen LogP contribution is 2.19. The first-order valence-corrected chi connectivity index (χ1v) is 10.6. The summed E-state index contributed by atoms with van der Waals surface area (Å²) in [7, 11) is 0. The van der Waals surface area contributed by atoms with Crippen LogP contribution in [0.5, 0.6) is 0 Å². The quantitative estimate of drug-likeness (QED) is 0.157. The van der Waals surface area contributed by atoms with Gasteiger partial charge in [0.1, 0.15) is 11.4 Å². The van der Waals surface area contributed by atoms with Crippen LogP contribution >= 0.6 is 0 Å². The van der Waals surface area contributed by atoms with Crippen LogP contribution in [0.15, 0.2) is 0 Å². The third-order valence-corrected chi connectivity index (χ3v) is 4.47.